The van der Waals surface area contributed by atoms with Crippen LogP contribution in [0, 0.1) is 11.6 Å². The summed E-state index contributed by atoms with van der Waals surface area (Å²) in [6, 6.07) is 9.55. The summed E-state index contributed by atoms with van der Waals surface area (Å²) in [5.74, 6) is -0.708. The van der Waals surface area contributed by atoms with Crippen molar-refractivity contribution in [1.29, 1.82) is 0 Å². The Kier molecular flexibility index (Phi) is 9.68. The molecule has 31 heavy (non-hydrogen) atoms. The largest absolute Gasteiger partial charge is 0.302 e. The highest BCUT2D eigenvalue weighted by Crippen LogP contribution is 2.33. The minimum absolute atomic E-state index is 0. The minimum atomic E-state index is -0.717. The van der Waals surface area contributed by atoms with Gasteiger partial charge in [-0.25, -0.2) is 13.8 Å². The zero-order chi connectivity index (χ0) is 21.7. The number of aromatic nitrogens is 1. The van der Waals surface area contributed by atoms with Crippen LogP contribution in [0.15, 0.2) is 41.3 Å². The number of thiazole rings is 1. The number of nitrogens with zero attached hydrogens (tertiary/aromatic N) is 3. The Morgan fingerprint density at radius 1 is 1.10 bits per heavy atom. The van der Waals surface area contributed by atoms with Crippen LogP contribution < -0.4 is 4.90 Å². The first-order valence-corrected chi connectivity index (χ1v) is 11.8. The van der Waals surface area contributed by atoms with Crippen LogP contribution in [-0.2, 0) is 0 Å². The van der Waals surface area contributed by atoms with Gasteiger partial charge in [0.25, 0.3) is 5.91 Å². The fourth-order valence-electron chi connectivity index (χ4n) is 3.20. The minimum Gasteiger partial charge on any atom is -0.302 e. The lowest BCUT2D eigenvalue weighted by atomic mass is 10.2. The van der Waals surface area contributed by atoms with E-state index in [9.17, 15) is 13.6 Å². The van der Waals surface area contributed by atoms with E-state index in [1.54, 1.807) is 22.7 Å². The van der Waals surface area contributed by atoms with Crippen LogP contribution in [0.4, 0.5) is 13.9 Å². The Hall–Kier alpha value is -1.74. The monoisotopic (exact) mass is 485 g/mol. The number of anilines is 1. The van der Waals surface area contributed by atoms with Crippen LogP contribution in [0.5, 0.6) is 0 Å². The number of benzene rings is 2. The molecule has 2 aromatic carbocycles. The number of carbonyl (C=O) groups is 1. The van der Waals surface area contributed by atoms with Crippen molar-refractivity contribution in [3.05, 3.63) is 53.6 Å². The Bertz CT molecular complexity index is 1030. The van der Waals surface area contributed by atoms with Gasteiger partial charge in [0.15, 0.2) is 10.9 Å². The molecule has 0 unspecified atom stereocenters. The third kappa shape index (κ3) is 5.94. The summed E-state index contributed by atoms with van der Waals surface area (Å²) in [7, 11) is 0. The summed E-state index contributed by atoms with van der Waals surface area (Å²) in [6.45, 7) is 8.97. The van der Waals surface area contributed by atoms with Gasteiger partial charge in [-0.15, -0.1) is 24.2 Å². The van der Waals surface area contributed by atoms with Gasteiger partial charge < -0.3 is 4.90 Å². The number of amides is 1. The van der Waals surface area contributed by atoms with Crippen molar-refractivity contribution < 1.29 is 13.6 Å². The number of fused-ring (bicyclic) bond motifs is 1. The summed E-state index contributed by atoms with van der Waals surface area (Å²) in [5, 5.41) is 0.378. The highest BCUT2D eigenvalue weighted by Gasteiger charge is 2.24. The highest BCUT2D eigenvalue weighted by molar-refractivity contribution is 7.99. The van der Waals surface area contributed by atoms with E-state index in [2.05, 4.69) is 23.7 Å². The number of hydrogen-bond acceptors (Lipinski definition) is 5. The van der Waals surface area contributed by atoms with Gasteiger partial charge in [0.1, 0.15) is 11.3 Å². The maximum atomic E-state index is 14.2. The molecule has 0 fully saturated rings. The van der Waals surface area contributed by atoms with Crippen LogP contribution in [0.1, 0.15) is 31.1 Å². The predicted molar refractivity (Wildman–Crippen MR) is 129 cm³/mol. The van der Waals surface area contributed by atoms with Gasteiger partial charge in [0, 0.05) is 24.1 Å². The average Bonchev–Trinajstić information content (AvgIpc) is 3.15. The molecule has 1 heterocycles. The molecule has 0 aliphatic heterocycles. The van der Waals surface area contributed by atoms with Crippen LogP contribution >= 0.6 is 35.5 Å². The first-order chi connectivity index (χ1) is 14.5. The third-order valence-electron chi connectivity index (χ3n) is 4.83. The Labute approximate surface area is 196 Å². The van der Waals surface area contributed by atoms with E-state index < -0.39 is 11.6 Å². The topological polar surface area (TPSA) is 36.4 Å². The van der Waals surface area contributed by atoms with Crippen molar-refractivity contribution in [3.8, 4) is 0 Å². The second kappa shape index (κ2) is 11.8. The quantitative estimate of drug-likeness (QED) is 0.343. The van der Waals surface area contributed by atoms with Crippen molar-refractivity contribution in [1.82, 2.24) is 9.88 Å². The van der Waals surface area contributed by atoms with Gasteiger partial charge in [0.2, 0.25) is 0 Å². The van der Waals surface area contributed by atoms with Crippen LogP contribution in [0.2, 0.25) is 0 Å². The number of rotatable bonds is 9. The fraction of sp³-hybridized carbons (Fsp3) is 0.364. The number of carbonyl (C=O) groups excluding carboxylic acids is 1. The van der Waals surface area contributed by atoms with Crippen molar-refractivity contribution >= 4 is 56.8 Å². The molecule has 0 saturated heterocycles. The molecule has 4 nitrogen and oxygen atoms in total. The first-order valence-electron chi connectivity index (χ1n) is 10.00. The molecule has 0 aliphatic carbocycles. The second-order valence-electron chi connectivity index (χ2n) is 6.64. The number of thioether (sulfide) groups is 1. The standard InChI is InChI=1S/C22H25F2N3OS2.ClH/c1-4-26(5-2)11-12-27(21(28)16-9-7-8-10-18(16)29-6-3)22-25-20-17(24)13-15(23)14-19(20)30-22;/h7-10,13-14H,4-6,11-12H2,1-3H3;1H. The molecule has 0 aliphatic rings. The summed E-state index contributed by atoms with van der Waals surface area (Å²) >= 11 is 2.73. The van der Waals surface area contributed by atoms with E-state index in [-0.39, 0.29) is 23.8 Å². The maximum Gasteiger partial charge on any atom is 0.261 e. The van der Waals surface area contributed by atoms with Crippen molar-refractivity contribution in [2.45, 2.75) is 25.7 Å². The SMILES string of the molecule is CCSc1ccccc1C(=O)N(CCN(CC)CC)c1nc2c(F)cc(F)cc2s1.Cl. The van der Waals surface area contributed by atoms with E-state index in [0.717, 1.165) is 41.1 Å². The molecular formula is C22H26ClF2N3OS2. The first kappa shape index (κ1) is 25.5. The lowest BCUT2D eigenvalue weighted by Crippen LogP contribution is -2.39. The molecule has 3 rings (SSSR count). The molecule has 168 valence electrons. The zero-order valence-electron chi connectivity index (χ0n) is 17.7. The van der Waals surface area contributed by atoms with Crippen LogP contribution in [-0.4, -0.2) is 47.7 Å². The summed E-state index contributed by atoms with van der Waals surface area (Å²) in [4.78, 5) is 22.6. The van der Waals surface area contributed by atoms with E-state index in [1.165, 1.54) is 6.07 Å². The van der Waals surface area contributed by atoms with Gasteiger partial charge in [-0.3, -0.25) is 9.69 Å². The lowest BCUT2D eigenvalue weighted by molar-refractivity contribution is 0.0981. The molecule has 0 spiro atoms. The predicted octanol–water partition coefficient (Wildman–Crippen LogP) is 6.10. The lowest BCUT2D eigenvalue weighted by Gasteiger charge is -2.25. The van der Waals surface area contributed by atoms with Gasteiger partial charge in [-0.05, 0) is 37.0 Å². The number of hydrogen-bond donors (Lipinski definition) is 0. The van der Waals surface area contributed by atoms with Gasteiger partial charge in [-0.2, -0.15) is 0 Å². The Morgan fingerprint density at radius 3 is 2.48 bits per heavy atom. The second-order valence-corrected chi connectivity index (χ2v) is 8.96. The van der Waals surface area contributed by atoms with Crippen LogP contribution in [0.25, 0.3) is 10.2 Å². The van der Waals surface area contributed by atoms with Crippen molar-refractivity contribution in [3.63, 3.8) is 0 Å². The molecule has 3 aromatic rings. The van der Waals surface area contributed by atoms with Crippen LogP contribution in [0.3, 0.4) is 0 Å². The van der Waals surface area contributed by atoms with Crippen molar-refractivity contribution in [2.24, 2.45) is 0 Å². The molecule has 0 radical (unpaired) electrons. The number of likely N-dealkylation sites (N-methyl/N-ethyl adjacent to an activating group) is 1. The smallest absolute Gasteiger partial charge is 0.261 e. The molecule has 0 atom stereocenters. The number of halogens is 3. The molecular weight excluding hydrogens is 460 g/mol. The molecule has 1 amide bonds. The molecule has 0 bridgehead atoms. The van der Waals surface area contributed by atoms with E-state index in [1.807, 2.05) is 25.1 Å². The summed E-state index contributed by atoms with van der Waals surface area (Å²) < 4.78 is 28.3. The van der Waals surface area contributed by atoms with Gasteiger partial charge in [0.05, 0.1) is 10.3 Å². The maximum absolute atomic E-state index is 14.2. The van der Waals surface area contributed by atoms with E-state index >= 15 is 0 Å². The normalized spacial score (nSPS) is 11.0. The van der Waals surface area contributed by atoms with E-state index in [0.29, 0.717) is 28.5 Å². The zero-order valence-corrected chi connectivity index (χ0v) is 20.2. The average molecular weight is 486 g/mol. The molecule has 1 aromatic heterocycles. The van der Waals surface area contributed by atoms with Gasteiger partial charge >= 0.3 is 0 Å². The molecule has 0 N–H and O–H groups in total. The van der Waals surface area contributed by atoms with E-state index in [4.69, 9.17) is 0 Å². The van der Waals surface area contributed by atoms with Crippen molar-refractivity contribution in [2.75, 3.05) is 36.8 Å². The summed E-state index contributed by atoms with van der Waals surface area (Å²) in [6.07, 6.45) is 0. The molecule has 9 heteroatoms. The fourth-order valence-corrected chi connectivity index (χ4v) is 5.02. The molecule has 0 saturated carbocycles. The highest BCUT2D eigenvalue weighted by atomic mass is 35.5. The third-order valence-corrected chi connectivity index (χ3v) is 6.81. The summed E-state index contributed by atoms with van der Waals surface area (Å²) in [5.41, 5.74) is 0.683. The van der Waals surface area contributed by atoms with Gasteiger partial charge in [-0.1, -0.05) is 44.2 Å². The Morgan fingerprint density at radius 2 is 1.81 bits per heavy atom. The Balaban J connectivity index is 0.00000341.